The first-order valence-electron chi connectivity index (χ1n) is 7.52. The van der Waals surface area contributed by atoms with Crippen LogP contribution in [0.1, 0.15) is 37.3 Å². The highest BCUT2D eigenvalue weighted by Crippen LogP contribution is 2.33. The number of methoxy groups -OCH3 is 1. The second-order valence-electron chi connectivity index (χ2n) is 5.51. The van der Waals surface area contributed by atoms with E-state index in [0.717, 1.165) is 12.8 Å². The van der Waals surface area contributed by atoms with Crippen LogP contribution in [0.2, 0.25) is 0 Å². The number of hydrogen-bond donors (Lipinski definition) is 1. The second kappa shape index (κ2) is 7.68. The van der Waals surface area contributed by atoms with Gasteiger partial charge < -0.3 is 14.8 Å². The van der Waals surface area contributed by atoms with Crippen molar-refractivity contribution in [3.05, 3.63) is 29.8 Å². The Bertz CT molecular complexity index is 510. The van der Waals surface area contributed by atoms with E-state index in [1.165, 1.54) is 31.4 Å². The van der Waals surface area contributed by atoms with Crippen molar-refractivity contribution in [2.45, 2.75) is 44.0 Å². The molecular weight excluding hydrogens is 311 g/mol. The van der Waals surface area contributed by atoms with Gasteiger partial charge in [-0.1, -0.05) is 12.1 Å². The Labute approximate surface area is 133 Å². The van der Waals surface area contributed by atoms with Crippen molar-refractivity contribution in [2.24, 2.45) is 0 Å². The Morgan fingerprint density at radius 3 is 2.57 bits per heavy atom. The number of nitrogens with one attached hydrogen (secondary N) is 1. The summed E-state index contributed by atoms with van der Waals surface area (Å²) >= 11 is 0. The maximum atomic E-state index is 13.2. The fourth-order valence-corrected chi connectivity index (χ4v) is 2.55. The Balaban J connectivity index is 2.04. The maximum absolute atomic E-state index is 13.2. The van der Waals surface area contributed by atoms with Crippen molar-refractivity contribution in [1.29, 1.82) is 0 Å². The molecular formula is C16H20F3NO3. The highest BCUT2D eigenvalue weighted by atomic mass is 19.4. The predicted molar refractivity (Wildman–Crippen MR) is 78.1 cm³/mol. The van der Waals surface area contributed by atoms with Crippen LogP contribution >= 0.6 is 0 Å². The van der Waals surface area contributed by atoms with Crippen molar-refractivity contribution in [3.8, 4) is 5.75 Å². The molecule has 1 heterocycles. The first-order valence-corrected chi connectivity index (χ1v) is 7.52. The normalized spacial score (nSPS) is 19.9. The topological polar surface area (TPSA) is 47.6 Å². The second-order valence-corrected chi connectivity index (χ2v) is 5.51. The summed E-state index contributed by atoms with van der Waals surface area (Å²) in [5.41, 5.74) is -0.0313. The van der Waals surface area contributed by atoms with Gasteiger partial charge in [-0.3, -0.25) is 4.79 Å². The van der Waals surface area contributed by atoms with Crippen molar-refractivity contribution >= 4 is 5.91 Å². The number of rotatable bonds is 5. The molecule has 1 fully saturated rings. The summed E-state index contributed by atoms with van der Waals surface area (Å²) in [6.45, 7) is 0.555. The van der Waals surface area contributed by atoms with Crippen molar-refractivity contribution in [3.63, 3.8) is 0 Å². The molecule has 1 aromatic carbocycles. The summed E-state index contributed by atoms with van der Waals surface area (Å²) in [4.78, 5) is 11.9. The highest BCUT2D eigenvalue weighted by Gasteiger charge is 2.42. The maximum Gasteiger partial charge on any atom is 0.412 e. The summed E-state index contributed by atoms with van der Waals surface area (Å²) in [5, 5.41) is 2.07. The van der Waals surface area contributed by atoms with Crippen LogP contribution in [0.3, 0.4) is 0 Å². The van der Waals surface area contributed by atoms with E-state index in [1.807, 2.05) is 0 Å². The van der Waals surface area contributed by atoms with Crippen LogP contribution < -0.4 is 10.1 Å². The number of hydrogen-bond acceptors (Lipinski definition) is 3. The van der Waals surface area contributed by atoms with E-state index in [2.05, 4.69) is 5.32 Å². The molecule has 0 unspecified atom stereocenters. The minimum atomic E-state index is -4.57. The van der Waals surface area contributed by atoms with Gasteiger partial charge in [0.1, 0.15) is 5.75 Å². The molecule has 1 amide bonds. The number of carbonyl (C=O) groups is 1. The molecule has 7 heteroatoms. The number of alkyl halides is 3. The molecule has 2 atom stereocenters. The van der Waals surface area contributed by atoms with Crippen LogP contribution in [0.5, 0.6) is 5.75 Å². The number of ether oxygens (including phenoxy) is 2. The Morgan fingerprint density at radius 2 is 2.04 bits per heavy atom. The number of carbonyl (C=O) groups excluding carboxylic acids is 1. The summed E-state index contributed by atoms with van der Waals surface area (Å²) in [5.74, 6) is -0.202. The lowest BCUT2D eigenvalue weighted by Gasteiger charge is -2.25. The molecule has 0 spiro atoms. The monoisotopic (exact) mass is 331 g/mol. The Morgan fingerprint density at radius 1 is 1.35 bits per heavy atom. The molecule has 0 bridgehead atoms. The lowest BCUT2D eigenvalue weighted by molar-refractivity contribution is -0.164. The lowest BCUT2D eigenvalue weighted by atomic mass is 10.0. The molecule has 1 aliphatic rings. The van der Waals surface area contributed by atoms with Crippen LogP contribution in [0.15, 0.2) is 24.3 Å². The molecule has 2 rings (SSSR count). The van der Waals surface area contributed by atoms with Gasteiger partial charge in [0.2, 0.25) is 5.91 Å². The molecule has 1 N–H and O–H groups in total. The molecule has 0 aromatic heterocycles. The van der Waals surface area contributed by atoms with Gasteiger partial charge in [0.05, 0.1) is 19.6 Å². The summed E-state index contributed by atoms with van der Waals surface area (Å²) in [7, 11) is 1.43. The predicted octanol–water partition coefficient (Wildman–Crippen LogP) is 3.37. The third kappa shape index (κ3) is 5.13. The smallest absolute Gasteiger partial charge is 0.412 e. The zero-order valence-corrected chi connectivity index (χ0v) is 12.9. The summed E-state index contributed by atoms with van der Waals surface area (Å²) in [6.07, 6.45) is -2.37. The van der Waals surface area contributed by atoms with Crippen LogP contribution in [0, 0.1) is 0 Å². The first kappa shape index (κ1) is 17.6. The van der Waals surface area contributed by atoms with Crippen LogP contribution in [-0.2, 0) is 9.53 Å². The van der Waals surface area contributed by atoms with Crippen molar-refractivity contribution in [1.82, 2.24) is 5.32 Å². The SMILES string of the molecule is COc1ccc([C@H](NC(=O)C[C@H]2CCCCO2)C(F)(F)F)cc1. The average Bonchev–Trinajstić information content (AvgIpc) is 2.53. The van der Waals surface area contributed by atoms with Gasteiger partial charge in [-0.05, 0) is 37.0 Å². The molecule has 1 aliphatic heterocycles. The number of halogens is 3. The van der Waals surface area contributed by atoms with Gasteiger partial charge in [0, 0.05) is 6.61 Å². The van der Waals surface area contributed by atoms with E-state index in [1.54, 1.807) is 0 Å². The zero-order valence-electron chi connectivity index (χ0n) is 12.9. The van der Waals surface area contributed by atoms with E-state index in [0.29, 0.717) is 18.8 Å². The van der Waals surface area contributed by atoms with Crippen LogP contribution in [-0.4, -0.2) is 31.9 Å². The fourth-order valence-electron chi connectivity index (χ4n) is 2.55. The summed E-state index contributed by atoms with van der Waals surface area (Å²) in [6, 6.07) is 3.43. The molecule has 0 radical (unpaired) electrons. The molecule has 1 aromatic rings. The zero-order chi connectivity index (χ0) is 16.9. The minimum absolute atomic E-state index is 0.0313. The van der Waals surface area contributed by atoms with E-state index in [9.17, 15) is 18.0 Å². The van der Waals surface area contributed by atoms with Gasteiger partial charge in [-0.15, -0.1) is 0 Å². The standard InChI is InChI=1S/C16H20F3NO3/c1-22-12-7-5-11(6-8-12)15(16(17,18)19)20-14(21)10-13-4-2-3-9-23-13/h5-8,13,15H,2-4,9-10H2,1H3,(H,20,21)/t13-,15+/m1/s1. The Hall–Kier alpha value is -1.76. The molecule has 23 heavy (non-hydrogen) atoms. The third-order valence-corrected chi connectivity index (χ3v) is 3.77. The molecule has 0 saturated carbocycles. The van der Waals surface area contributed by atoms with Crippen LogP contribution in [0.4, 0.5) is 13.2 Å². The van der Waals surface area contributed by atoms with Gasteiger partial charge in [-0.25, -0.2) is 0 Å². The van der Waals surface area contributed by atoms with Gasteiger partial charge in [0.15, 0.2) is 6.04 Å². The van der Waals surface area contributed by atoms with Crippen molar-refractivity contribution < 1.29 is 27.4 Å². The van der Waals surface area contributed by atoms with Gasteiger partial charge in [0.25, 0.3) is 0 Å². The number of benzene rings is 1. The van der Waals surface area contributed by atoms with E-state index < -0.39 is 18.1 Å². The summed E-state index contributed by atoms with van der Waals surface area (Å²) < 4.78 is 50.1. The van der Waals surface area contributed by atoms with E-state index >= 15 is 0 Å². The van der Waals surface area contributed by atoms with Gasteiger partial charge >= 0.3 is 6.18 Å². The Kier molecular flexibility index (Phi) is 5.87. The minimum Gasteiger partial charge on any atom is -0.497 e. The average molecular weight is 331 g/mol. The number of amides is 1. The van der Waals surface area contributed by atoms with E-state index in [-0.39, 0.29) is 18.1 Å². The van der Waals surface area contributed by atoms with Gasteiger partial charge in [-0.2, -0.15) is 13.2 Å². The fraction of sp³-hybridized carbons (Fsp3) is 0.562. The largest absolute Gasteiger partial charge is 0.497 e. The third-order valence-electron chi connectivity index (χ3n) is 3.77. The van der Waals surface area contributed by atoms with Crippen LogP contribution in [0.25, 0.3) is 0 Å². The molecule has 128 valence electrons. The molecule has 1 saturated heterocycles. The van der Waals surface area contributed by atoms with E-state index in [4.69, 9.17) is 9.47 Å². The molecule has 4 nitrogen and oxygen atoms in total. The van der Waals surface area contributed by atoms with Crippen molar-refractivity contribution in [2.75, 3.05) is 13.7 Å². The first-order chi connectivity index (χ1) is 10.9. The molecule has 0 aliphatic carbocycles. The lowest BCUT2D eigenvalue weighted by Crippen LogP contribution is -2.40. The quantitative estimate of drug-likeness (QED) is 0.900. The highest BCUT2D eigenvalue weighted by molar-refractivity contribution is 5.77.